The maximum atomic E-state index is 13.4. The summed E-state index contributed by atoms with van der Waals surface area (Å²) in [6.45, 7) is 0. The molecule has 10 nitrogen and oxygen atoms in total. The van der Waals surface area contributed by atoms with Gasteiger partial charge in [0.15, 0.2) is 6.23 Å². The molecule has 1 saturated heterocycles. The molecule has 2 aromatic rings. The van der Waals surface area contributed by atoms with Crippen molar-refractivity contribution in [3.05, 3.63) is 44.9 Å². The van der Waals surface area contributed by atoms with Crippen molar-refractivity contribution in [1.29, 1.82) is 0 Å². The molecule has 0 unspecified atom stereocenters. The first kappa shape index (κ1) is 18.9. The number of nitrogens with zero attached hydrogens (tertiary/aromatic N) is 1. The third-order valence-corrected chi connectivity index (χ3v) is 5.04. The monoisotopic (exact) mass is 390 g/mol. The Morgan fingerprint density at radius 1 is 1.23 bits per heavy atom. The summed E-state index contributed by atoms with van der Waals surface area (Å²) in [7, 11) is -4.35. The maximum absolute atomic E-state index is 13.4. The lowest BCUT2D eigenvalue weighted by Crippen LogP contribution is -2.38. The second kappa shape index (κ2) is 6.69. The van der Waals surface area contributed by atoms with E-state index in [0.717, 1.165) is 22.8 Å². The molecule has 26 heavy (non-hydrogen) atoms. The number of rotatable bonds is 4. The number of aromatic amines is 1. The minimum atomic E-state index is -4.35. The Labute approximate surface area is 144 Å². The Kier molecular flexibility index (Phi) is 4.86. The van der Waals surface area contributed by atoms with E-state index < -0.39 is 55.4 Å². The van der Waals surface area contributed by atoms with Crippen LogP contribution >= 0.6 is 7.60 Å². The SMILES string of the molecule is O=c1[nH]c(=O)n([C@@H]2O[C@H](CCP(=O)(O)O)[C@@H](O)[C@H]2O)c2ccc(F)cc12. The van der Waals surface area contributed by atoms with E-state index in [1.807, 2.05) is 4.98 Å². The van der Waals surface area contributed by atoms with Crippen LogP contribution in [0.5, 0.6) is 0 Å². The smallest absolute Gasteiger partial charge is 0.331 e. The van der Waals surface area contributed by atoms with Gasteiger partial charge < -0.3 is 24.7 Å². The van der Waals surface area contributed by atoms with Crippen molar-refractivity contribution in [2.24, 2.45) is 0 Å². The maximum Gasteiger partial charge on any atom is 0.331 e. The second-order valence-electron chi connectivity index (χ2n) is 6.01. The zero-order chi connectivity index (χ0) is 19.2. The first-order chi connectivity index (χ1) is 12.1. The van der Waals surface area contributed by atoms with Gasteiger partial charge in [-0.2, -0.15) is 0 Å². The van der Waals surface area contributed by atoms with E-state index in [-0.39, 0.29) is 17.3 Å². The molecule has 0 spiro atoms. The third-order valence-electron chi connectivity index (χ3n) is 4.20. The van der Waals surface area contributed by atoms with Gasteiger partial charge in [0.2, 0.25) is 0 Å². The highest BCUT2D eigenvalue weighted by Gasteiger charge is 2.45. The van der Waals surface area contributed by atoms with E-state index in [4.69, 9.17) is 14.5 Å². The van der Waals surface area contributed by atoms with Gasteiger partial charge in [0.25, 0.3) is 5.56 Å². The molecule has 4 atom stereocenters. The Morgan fingerprint density at radius 2 is 1.92 bits per heavy atom. The average Bonchev–Trinajstić information content (AvgIpc) is 2.81. The fraction of sp³-hybridized carbons (Fsp3) is 0.429. The molecule has 0 saturated carbocycles. The van der Waals surface area contributed by atoms with Gasteiger partial charge in [-0.05, 0) is 24.6 Å². The molecule has 142 valence electrons. The normalized spacial score (nSPS) is 26.5. The van der Waals surface area contributed by atoms with Crippen LogP contribution in [0, 0.1) is 5.82 Å². The summed E-state index contributed by atoms with van der Waals surface area (Å²) in [5.41, 5.74) is -1.79. The number of aromatic nitrogens is 2. The van der Waals surface area contributed by atoms with E-state index in [2.05, 4.69) is 0 Å². The minimum absolute atomic E-state index is 0.0213. The molecule has 0 radical (unpaired) electrons. The van der Waals surface area contributed by atoms with E-state index in [9.17, 15) is 28.8 Å². The number of aliphatic hydroxyl groups excluding tert-OH is 2. The van der Waals surface area contributed by atoms with Crippen molar-refractivity contribution in [3.8, 4) is 0 Å². The topological polar surface area (TPSA) is 162 Å². The molecule has 1 aliphatic rings. The summed E-state index contributed by atoms with van der Waals surface area (Å²) in [6, 6.07) is 3.08. The van der Waals surface area contributed by atoms with Crippen LogP contribution in [0.4, 0.5) is 4.39 Å². The molecule has 0 aliphatic carbocycles. The number of benzene rings is 1. The summed E-state index contributed by atoms with van der Waals surface area (Å²) < 4.78 is 30.7. The molecule has 3 rings (SSSR count). The Balaban J connectivity index is 2.03. The van der Waals surface area contributed by atoms with Crippen LogP contribution in [0.2, 0.25) is 0 Å². The standard InChI is InChI=1S/C14H16FN2O8P/c15-6-1-2-8-7(5-6)12(20)16-14(21)17(8)13-11(19)10(18)9(25-13)3-4-26(22,23)24/h1-2,5,9-11,13,18-19H,3-4H2,(H,16,20,21)(H2,22,23,24)/t9-,10-,11-,13-/m1/s1. The zero-order valence-corrected chi connectivity index (χ0v) is 14.0. The van der Waals surface area contributed by atoms with E-state index in [1.54, 1.807) is 0 Å². The van der Waals surface area contributed by atoms with Gasteiger partial charge in [-0.1, -0.05) is 0 Å². The molecule has 0 amide bonds. The highest BCUT2D eigenvalue weighted by molar-refractivity contribution is 7.51. The lowest BCUT2D eigenvalue weighted by molar-refractivity contribution is -0.0377. The van der Waals surface area contributed by atoms with Crippen LogP contribution in [-0.4, -0.2) is 54.0 Å². The molecule has 1 fully saturated rings. The summed E-state index contributed by atoms with van der Waals surface area (Å²) in [4.78, 5) is 43.9. The van der Waals surface area contributed by atoms with Crippen molar-refractivity contribution in [1.82, 2.24) is 9.55 Å². The number of halogens is 1. The van der Waals surface area contributed by atoms with Gasteiger partial charge in [0.05, 0.1) is 23.2 Å². The second-order valence-corrected chi connectivity index (χ2v) is 7.79. The molecule has 1 aromatic carbocycles. The number of fused-ring (bicyclic) bond motifs is 1. The molecule has 5 N–H and O–H groups in total. The molecule has 2 heterocycles. The summed E-state index contributed by atoms with van der Waals surface area (Å²) in [5, 5.41) is 20.1. The van der Waals surface area contributed by atoms with Crippen LogP contribution in [0.15, 0.2) is 27.8 Å². The lowest BCUT2D eigenvalue weighted by Gasteiger charge is -2.19. The minimum Gasteiger partial charge on any atom is -0.388 e. The number of aliphatic hydroxyl groups is 2. The fourth-order valence-corrected chi connectivity index (χ4v) is 3.55. The number of ether oxygens (including phenoxy) is 1. The van der Waals surface area contributed by atoms with Gasteiger partial charge in [-0.15, -0.1) is 0 Å². The summed E-state index contributed by atoms with van der Waals surface area (Å²) in [5.74, 6) is -0.708. The molecule has 12 heteroatoms. The van der Waals surface area contributed by atoms with Crippen molar-refractivity contribution in [3.63, 3.8) is 0 Å². The highest BCUT2D eigenvalue weighted by Crippen LogP contribution is 2.39. The van der Waals surface area contributed by atoms with Gasteiger partial charge in [0, 0.05) is 0 Å². The third kappa shape index (κ3) is 3.50. The predicted molar refractivity (Wildman–Crippen MR) is 86.2 cm³/mol. The first-order valence-electron chi connectivity index (χ1n) is 7.59. The first-order valence-corrected chi connectivity index (χ1v) is 9.38. The largest absolute Gasteiger partial charge is 0.388 e. The van der Waals surface area contributed by atoms with Crippen molar-refractivity contribution < 1.29 is 33.7 Å². The van der Waals surface area contributed by atoms with Gasteiger partial charge in [-0.25, -0.2) is 9.18 Å². The predicted octanol–water partition coefficient (Wildman–Crippen LogP) is -0.984. The lowest BCUT2D eigenvalue weighted by atomic mass is 10.1. The summed E-state index contributed by atoms with van der Waals surface area (Å²) >= 11 is 0. The van der Waals surface area contributed by atoms with Gasteiger partial charge in [-0.3, -0.25) is 18.9 Å². The Hall–Kier alpha value is -1.88. The van der Waals surface area contributed by atoms with Crippen LogP contribution in [0.3, 0.4) is 0 Å². The number of hydrogen-bond donors (Lipinski definition) is 5. The molecular formula is C14H16FN2O8P. The Morgan fingerprint density at radius 3 is 2.58 bits per heavy atom. The van der Waals surface area contributed by atoms with Crippen molar-refractivity contribution in [2.45, 2.75) is 31.0 Å². The van der Waals surface area contributed by atoms with Crippen molar-refractivity contribution >= 4 is 18.5 Å². The molecule has 0 bridgehead atoms. The molecular weight excluding hydrogens is 374 g/mol. The number of nitrogens with one attached hydrogen (secondary N) is 1. The molecule has 1 aromatic heterocycles. The number of H-pyrrole nitrogens is 1. The number of hydrogen-bond acceptors (Lipinski definition) is 6. The quantitative estimate of drug-likeness (QED) is 0.416. The Bertz CT molecular complexity index is 999. The summed E-state index contributed by atoms with van der Waals surface area (Å²) in [6.07, 6.45) is -6.53. The van der Waals surface area contributed by atoms with Crippen LogP contribution < -0.4 is 11.2 Å². The van der Waals surface area contributed by atoms with E-state index >= 15 is 0 Å². The molecule has 1 aliphatic heterocycles. The fourth-order valence-electron chi connectivity index (χ4n) is 2.96. The van der Waals surface area contributed by atoms with E-state index in [1.165, 1.54) is 0 Å². The van der Waals surface area contributed by atoms with Crippen LogP contribution in [-0.2, 0) is 9.30 Å². The van der Waals surface area contributed by atoms with Gasteiger partial charge in [0.1, 0.15) is 18.0 Å². The van der Waals surface area contributed by atoms with Gasteiger partial charge >= 0.3 is 13.3 Å². The zero-order valence-electron chi connectivity index (χ0n) is 13.1. The highest BCUT2D eigenvalue weighted by atomic mass is 31.2. The van der Waals surface area contributed by atoms with E-state index in [0.29, 0.717) is 0 Å². The average molecular weight is 390 g/mol. The van der Waals surface area contributed by atoms with Crippen LogP contribution in [0.1, 0.15) is 12.6 Å². The van der Waals surface area contributed by atoms with Crippen LogP contribution in [0.25, 0.3) is 10.9 Å². The van der Waals surface area contributed by atoms with Crippen molar-refractivity contribution in [2.75, 3.05) is 6.16 Å².